The summed E-state index contributed by atoms with van der Waals surface area (Å²) in [5, 5.41) is 0.259. The van der Waals surface area contributed by atoms with E-state index < -0.39 is 8.32 Å². The van der Waals surface area contributed by atoms with Gasteiger partial charge in [0.2, 0.25) is 0 Å². The molecular weight excluding hydrogens is 336 g/mol. The van der Waals surface area contributed by atoms with Gasteiger partial charge in [-0.25, -0.2) is 0 Å². The van der Waals surface area contributed by atoms with Crippen LogP contribution in [-0.2, 0) is 9.22 Å². The second-order valence-electron chi connectivity index (χ2n) is 11.2. The number of rotatable bonds is 8. The number of hydrogen-bond acceptors (Lipinski definition) is 2. The van der Waals surface area contributed by atoms with Crippen molar-refractivity contribution in [3.63, 3.8) is 0 Å². The van der Waals surface area contributed by atoms with Gasteiger partial charge in [-0.3, -0.25) is 4.79 Å². The molecule has 0 aliphatic heterocycles. The standard InChI is InChI=1S/C23H46O2Si/c1-17(2)21(25-26(9,10)22(5,6)7)14-13-18(3)19(4)23(8)15-11-12-20(24)16-23/h17-19,21H,11-16H2,1-10H3/t18-,19-,21-,23+/m1/s1. The van der Waals surface area contributed by atoms with E-state index in [-0.39, 0.29) is 10.5 Å². The second-order valence-corrected chi connectivity index (χ2v) is 16.0. The van der Waals surface area contributed by atoms with E-state index in [1.807, 2.05) is 0 Å². The highest BCUT2D eigenvalue weighted by atomic mass is 28.4. The van der Waals surface area contributed by atoms with Gasteiger partial charge in [-0.2, -0.15) is 0 Å². The van der Waals surface area contributed by atoms with Crippen molar-refractivity contribution < 1.29 is 9.22 Å². The summed E-state index contributed by atoms with van der Waals surface area (Å²) in [4.78, 5) is 12.0. The molecule has 0 aromatic rings. The zero-order chi connectivity index (χ0) is 20.3. The number of hydrogen-bond donors (Lipinski definition) is 0. The molecule has 0 bridgehead atoms. The zero-order valence-corrected chi connectivity index (χ0v) is 20.4. The van der Waals surface area contributed by atoms with Crippen molar-refractivity contribution in [3.05, 3.63) is 0 Å². The van der Waals surface area contributed by atoms with Crippen LogP contribution in [0.15, 0.2) is 0 Å². The Labute approximate surface area is 165 Å². The summed E-state index contributed by atoms with van der Waals surface area (Å²) in [7, 11) is -1.73. The Kier molecular flexibility index (Phi) is 8.18. The van der Waals surface area contributed by atoms with E-state index in [1.54, 1.807) is 0 Å². The monoisotopic (exact) mass is 382 g/mol. The lowest BCUT2D eigenvalue weighted by atomic mass is 9.63. The van der Waals surface area contributed by atoms with E-state index >= 15 is 0 Å². The van der Waals surface area contributed by atoms with Crippen molar-refractivity contribution in [2.24, 2.45) is 23.2 Å². The second kappa shape index (κ2) is 8.90. The molecular formula is C23H46O2Si. The van der Waals surface area contributed by atoms with Gasteiger partial charge in [-0.05, 0) is 67.0 Å². The van der Waals surface area contributed by atoms with Gasteiger partial charge in [-0.15, -0.1) is 0 Å². The minimum absolute atomic E-state index is 0.197. The lowest BCUT2D eigenvalue weighted by molar-refractivity contribution is -0.125. The van der Waals surface area contributed by atoms with E-state index in [2.05, 4.69) is 68.5 Å². The predicted molar refractivity (Wildman–Crippen MR) is 116 cm³/mol. The van der Waals surface area contributed by atoms with E-state index in [0.29, 0.717) is 29.6 Å². The molecule has 0 saturated heterocycles. The third-order valence-corrected chi connectivity index (χ3v) is 12.2. The Balaban J connectivity index is 2.69. The first-order valence-corrected chi connectivity index (χ1v) is 13.8. The van der Waals surface area contributed by atoms with Crippen LogP contribution in [0, 0.1) is 23.2 Å². The molecule has 0 heterocycles. The van der Waals surface area contributed by atoms with Crippen LogP contribution < -0.4 is 0 Å². The summed E-state index contributed by atoms with van der Waals surface area (Å²) < 4.78 is 6.77. The van der Waals surface area contributed by atoms with Crippen molar-refractivity contribution in [1.29, 1.82) is 0 Å². The molecule has 1 saturated carbocycles. The topological polar surface area (TPSA) is 26.3 Å². The Morgan fingerprint density at radius 1 is 1.12 bits per heavy atom. The molecule has 26 heavy (non-hydrogen) atoms. The van der Waals surface area contributed by atoms with Crippen molar-refractivity contribution in [1.82, 2.24) is 0 Å². The molecule has 2 nitrogen and oxygen atoms in total. The highest BCUT2D eigenvalue weighted by Crippen LogP contribution is 2.45. The minimum Gasteiger partial charge on any atom is -0.414 e. The summed E-state index contributed by atoms with van der Waals surface area (Å²) in [6.45, 7) is 23.4. The minimum atomic E-state index is -1.73. The molecule has 3 heteroatoms. The Morgan fingerprint density at radius 3 is 2.15 bits per heavy atom. The molecule has 1 aliphatic rings. The fourth-order valence-corrected chi connectivity index (χ4v) is 5.65. The summed E-state index contributed by atoms with van der Waals surface area (Å²) in [5.74, 6) is 2.25. The molecule has 0 N–H and O–H groups in total. The molecule has 1 rings (SSSR count). The highest BCUT2D eigenvalue weighted by molar-refractivity contribution is 6.74. The molecule has 0 aromatic heterocycles. The van der Waals surface area contributed by atoms with Crippen LogP contribution in [0.4, 0.5) is 0 Å². The first-order valence-electron chi connectivity index (χ1n) is 10.9. The summed E-state index contributed by atoms with van der Waals surface area (Å²) in [6, 6.07) is 0. The van der Waals surface area contributed by atoms with Gasteiger partial charge in [0.25, 0.3) is 0 Å². The summed E-state index contributed by atoms with van der Waals surface area (Å²) in [5.41, 5.74) is 0.197. The van der Waals surface area contributed by atoms with Gasteiger partial charge >= 0.3 is 0 Å². The van der Waals surface area contributed by atoms with Crippen LogP contribution >= 0.6 is 0 Å². The van der Waals surface area contributed by atoms with Crippen LogP contribution in [0.5, 0.6) is 0 Å². The average molecular weight is 383 g/mol. The first kappa shape index (κ1) is 23.9. The number of ketones is 1. The lowest BCUT2D eigenvalue weighted by Crippen LogP contribution is -2.45. The van der Waals surface area contributed by atoms with Crippen LogP contribution in [0.1, 0.15) is 93.9 Å². The van der Waals surface area contributed by atoms with Crippen LogP contribution in [-0.4, -0.2) is 20.2 Å². The summed E-state index contributed by atoms with van der Waals surface area (Å²) >= 11 is 0. The van der Waals surface area contributed by atoms with E-state index in [0.717, 1.165) is 25.7 Å². The van der Waals surface area contributed by atoms with E-state index in [4.69, 9.17) is 4.43 Å². The van der Waals surface area contributed by atoms with Gasteiger partial charge < -0.3 is 4.43 Å². The molecule has 154 valence electrons. The predicted octanol–water partition coefficient (Wildman–Crippen LogP) is 7.23. The van der Waals surface area contributed by atoms with Crippen molar-refractivity contribution in [2.75, 3.05) is 0 Å². The van der Waals surface area contributed by atoms with Gasteiger partial charge in [0, 0.05) is 18.9 Å². The van der Waals surface area contributed by atoms with Crippen molar-refractivity contribution in [2.45, 2.75) is 118 Å². The maximum atomic E-state index is 12.0. The summed E-state index contributed by atoms with van der Waals surface area (Å²) in [6.07, 6.45) is 6.56. The van der Waals surface area contributed by atoms with Crippen molar-refractivity contribution >= 4 is 14.1 Å². The normalized spacial score (nSPS) is 26.0. The molecule has 0 spiro atoms. The first-order chi connectivity index (χ1) is 11.7. The fraction of sp³-hybridized carbons (Fsp3) is 0.957. The van der Waals surface area contributed by atoms with E-state index in [1.165, 1.54) is 12.8 Å². The molecule has 0 aromatic carbocycles. The third kappa shape index (κ3) is 6.19. The Morgan fingerprint density at radius 2 is 1.69 bits per heavy atom. The van der Waals surface area contributed by atoms with Crippen molar-refractivity contribution in [3.8, 4) is 0 Å². The average Bonchev–Trinajstić information content (AvgIpc) is 2.48. The molecule has 0 amide bonds. The van der Waals surface area contributed by atoms with E-state index in [9.17, 15) is 4.79 Å². The van der Waals surface area contributed by atoms with Gasteiger partial charge in [0.1, 0.15) is 5.78 Å². The smallest absolute Gasteiger partial charge is 0.192 e. The van der Waals surface area contributed by atoms with Crippen LogP contribution in [0.3, 0.4) is 0 Å². The third-order valence-electron chi connectivity index (χ3n) is 7.66. The van der Waals surface area contributed by atoms with Gasteiger partial charge in [0.15, 0.2) is 8.32 Å². The SMILES string of the molecule is CC(C)[C@@H](CC[C@@H](C)[C@@H](C)[C@@]1(C)CCCC(=O)C1)O[Si](C)(C)C(C)(C)C. The number of Topliss-reactive ketones (excluding diaryl/α,β-unsaturated/α-hetero) is 1. The quantitative estimate of drug-likeness (QED) is 0.414. The Hall–Kier alpha value is -0.153. The maximum Gasteiger partial charge on any atom is 0.192 e. The molecule has 0 radical (unpaired) electrons. The van der Waals surface area contributed by atoms with Crippen LogP contribution in [0.2, 0.25) is 18.1 Å². The molecule has 1 fully saturated rings. The lowest BCUT2D eigenvalue weighted by Gasteiger charge is -2.43. The van der Waals surface area contributed by atoms with Gasteiger partial charge in [0.05, 0.1) is 0 Å². The fourth-order valence-electron chi connectivity index (χ4n) is 4.15. The molecule has 0 unspecified atom stereocenters. The maximum absolute atomic E-state index is 12.0. The number of carbonyl (C=O) groups excluding carboxylic acids is 1. The Bertz CT molecular complexity index is 463. The van der Waals surface area contributed by atoms with Gasteiger partial charge in [-0.1, -0.05) is 55.4 Å². The zero-order valence-electron chi connectivity index (χ0n) is 19.4. The molecule has 4 atom stereocenters. The van der Waals surface area contributed by atoms with Crippen LogP contribution in [0.25, 0.3) is 0 Å². The number of carbonyl (C=O) groups is 1. The highest BCUT2D eigenvalue weighted by Gasteiger charge is 2.41. The molecule has 1 aliphatic carbocycles. The largest absolute Gasteiger partial charge is 0.414 e.